The van der Waals surface area contributed by atoms with Gasteiger partial charge >= 0.3 is 0 Å². The normalized spacial score (nSPS) is 9.83. The van der Waals surface area contributed by atoms with Crippen LogP contribution in [0.1, 0.15) is 5.56 Å². The van der Waals surface area contributed by atoms with Crippen LogP contribution >= 0.6 is 0 Å². The van der Waals surface area contributed by atoms with Gasteiger partial charge in [-0.3, -0.25) is 9.48 Å². The lowest BCUT2D eigenvalue weighted by molar-refractivity contribution is -0.119. The fourth-order valence-electron chi connectivity index (χ4n) is 0.836. The number of aromatic nitrogens is 2. The summed E-state index contributed by atoms with van der Waals surface area (Å²) < 4.78 is 1.68. The van der Waals surface area contributed by atoms with Gasteiger partial charge in [0.1, 0.15) is 0 Å². The lowest BCUT2D eigenvalue weighted by atomic mass is 10.3. The van der Waals surface area contributed by atoms with E-state index in [1.807, 2.05) is 13.2 Å². The number of amides is 1. The molecule has 0 radical (unpaired) electrons. The van der Waals surface area contributed by atoms with E-state index in [-0.39, 0.29) is 12.5 Å². The Balaban J connectivity index is 2.38. The average Bonchev–Trinajstić information content (AvgIpc) is 2.47. The van der Waals surface area contributed by atoms with Gasteiger partial charge in [-0.05, 0) is 0 Å². The van der Waals surface area contributed by atoms with Crippen LogP contribution in [0.3, 0.4) is 0 Å². The maximum Gasteiger partial charge on any atom is 0.234 e. The molecule has 1 amide bonds. The second-order valence-electron chi connectivity index (χ2n) is 2.50. The lowest BCUT2D eigenvalue weighted by Crippen LogP contribution is -2.29. The Morgan fingerprint density at radius 1 is 1.83 bits per heavy atom. The number of rotatable bonds is 3. The molecule has 0 fully saturated rings. The second kappa shape index (κ2) is 3.87. The Morgan fingerprint density at radius 2 is 2.58 bits per heavy atom. The van der Waals surface area contributed by atoms with Crippen LogP contribution in [0.4, 0.5) is 0 Å². The summed E-state index contributed by atoms with van der Waals surface area (Å²) in [6.45, 7) is 0.518. The molecule has 66 valence electrons. The zero-order valence-electron chi connectivity index (χ0n) is 6.95. The number of hydrogen-bond acceptors (Lipinski definition) is 3. The summed E-state index contributed by atoms with van der Waals surface area (Å²) in [7, 11) is 1.83. The van der Waals surface area contributed by atoms with Crippen LogP contribution < -0.4 is 11.1 Å². The first-order valence-electron chi connectivity index (χ1n) is 3.66. The Bertz CT molecular complexity index is 268. The van der Waals surface area contributed by atoms with Gasteiger partial charge in [-0.25, -0.2) is 0 Å². The fourth-order valence-corrected chi connectivity index (χ4v) is 0.836. The van der Waals surface area contributed by atoms with Crippen LogP contribution in [-0.2, 0) is 18.4 Å². The molecule has 1 aromatic rings. The van der Waals surface area contributed by atoms with Crippen molar-refractivity contribution in [1.82, 2.24) is 15.1 Å². The standard InChI is InChI=1S/C7H12N4O/c1-11-5-6(4-10-11)3-9-7(12)2-8/h4-5H,2-3,8H2,1H3,(H,9,12). The number of nitrogens with two attached hydrogens (primary N) is 1. The van der Waals surface area contributed by atoms with E-state index in [1.54, 1.807) is 10.9 Å². The molecule has 0 aliphatic rings. The minimum Gasteiger partial charge on any atom is -0.351 e. The lowest BCUT2D eigenvalue weighted by Gasteiger charge is -1.98. The molecular formula is C7H12N4O. The zero-order valence-corrected chi connectivity index (χ0v) is 6.95. The number of carbonyl (C=O) groups excluding carboxylic acids is 1. The SMILES string of the molecule is Cn1cc(CNC(=O)CN)cn1. The molecule has 12 heavy (non-hydrogen) atoms. The van der Waals surface area contributed by atoms with Crippen molar-refractivity contribution < 1.29 is 4.79 Å². The smallest absolute Gasteiger partial charge is 0.234 e. The van der Waals surface area contributed by atoms with E-state index in [0.29, 0.717) is 6.54 Å². The van der Waals surface area contributed by atoms with Crippen molar-refractivity contribution in [1.29, 1.82) is 0 Å². The molecule has 0 saturated carbocycles. The number of carbonyl (C=O) groups is 1. The van der Waals surface area contributed by atoms with Gasteiger partial charge in [-0.1, -0.05) is 0 Å². The van der Waals surface area contributed by atoms with Crippen molar-refractivity contribution in [3.63, 3.8) is 0 Å². The van der Waals surface area contributed by atoms with E-state index in [0.717, 1.165) is 5.56 Å². The van der Waals surface area contributed by atoms with Crippen LogP contribution in [0.2, 0.25) is 0 Å². The van der Waals surface area contributed by atoms with Gasteiger partial charge in [0.05, 0.1) is 12.7 Å². The van der Waals surface area contributed by atoms with E-state index in [4.69, 9.17) is 5.73 Å². The molecule has 1 aromatic heterocycles. The topological polar surface area (TPSA) is 72.9 Å². The summed E-state index contributed by atoms with van der Waals surface area (Å²) in [4.78, 5) is 10.7. The largest absolute Gasteiger partial charge is 0.351 e. The molecule has 5 nitrogen and oxygen atoms in total. The van der Waals surface area contributed by atoms with Gasteiger partial charge < -0.3 is 11.1 Å². The van der Waals surface area contributed by atoms with E-state index in [9.17, 15) is 4.79 Å². The molecule has 3 N–H and O–H groups in total. The molecule has 0 unspecified atom stereocenters. The third-order valence-corrected chi connectivity index (χ3v) is 1.43. The van der Waals surface area contributed by atoms with Crippen LogP contribution in [-0.4, -0.2) is 22.2 Å². The van der Waals surface area contributed by atoms with Crippen molar-refractivity contribution in [2.24, 2.45) is 12.8 Å². The van der Waals surface area contributed by atoms with E-state index in [2.05, 4.69) is 10.4 Å². The van der Waals surface area contributed by atoms with Crippen molar-refractivity contribution in [2.45, 2.75) is 6.54 Å². The number of aryl methyl sites for hydroxylation is 1. The summed E-state index contributed by atoms with van der Waals surface area (Å²) in [6.07, 6.45) is 3.55. The highest BCUT2D eigenvalue weighted by Gasteiger charge is 1.98. The minimum atomic E-state index is -0.154. The molecule has 0 spiro atoms. The van der Waals surface area contributed by atoms with Crippen LogP contribution in [0.15, 0.2) is 12.4 Å². The highest BCUT2D eigenvalue weighted by Crippen LogP contribution is 1.93. The molecule has 1 heterocycles. The highest BCUT2D eigenvalue weighted by molar-refractivity contribution is 5.77. The first kappa shape index (κ1) is 8.73. The average molecular weight is 168 g/mol. The van der Waals surface area contributed by atoms with E-state index < -0.39 is 0 Å². The zero-order chi connectivity index (χ0) is 8.97. The Kier molecular flexibility index (Phi) is 2.82. The minimum absolute atomic E-state index is 0.0280. The summed E-state index contributed by atoms with van der Waals surface area (Å²) in [5, 5.41) is 6.60. The van der Waals surface area contributed by atoms with Gasteiger partial charge in [0, 0.05) is 25.4 Å². The number of nitrogens with zero attached hydrogens (tertiary/aromatic N) is 2. The molecule has 0 bridgehead atoms. The molecule has 1 rings (SSSR count). The predicted octanol–water partition coefficient (Wildman–Crippen LogP) is -1.00. The molecular weight excluding hydrogens is 156 g/mol. The second-order valence-corrected chi connectivity index (χ2v) is 2.50. The molecule has 0 atom stereocenters. The third kappa shape index (κ3) is 2.35. The Morgan fingerprint density at radius 3 is 3.08 bits per heavy atom. The molecule has 0 saturated heterocycles. The van der Waals surface area contributed by atoms with E-state index in [1.165, 1.54) is 0 Å². The first-order chi connectivity index (χ1) is 5.72. The van der Waals surface area contributed by atoms with Gasteiger partial charge in [-0.2, -0.15) is 5.10 Å². The Hall–Kier alpha value is -1.36. The first-order valence-corrected chi connectivity index (χ1v) is 3.66. The summed E-state index contributed by atoms with van der Waals surface area (Å²) in [5.74, 6) is -0.154. The Labute approximate surface area is 70.5 Å². The monoisotopic (exact) mass is 168 g/mol. The van der Waals surface area contributed by atoms with Crippen molar-refractivity contribution >= 4 is 5.91 Å². The quantitative estimate of drug-likeness (QED) is 0.607. The molecule has 0 aliphatic heterocycles. The molecule has 0 aliphatic carbocycles. The fraction of sp³-hybridized carbons (Fsp3) is 0.429. The maximum absolute atomic E-state index is 10.7. The highest BCUT2D eigenvalue weighted by atomic mass is 16.1. The van der Waals surface area contributed by atoms with Crippen LogP contribution in [0.5, 0.6) is 0 Å². The third-order valence-electron chi connectivity index (χ3n) is 1.43. The summed E-state index contributed by atoms with van der Waals surface area (Å²) in [5.41, 5.74) is 6.08. The number of hydrogen-bond donors (Lipinski definition) is 2. The molecule has 0 aromatic carbocycles. The summed E-state index contributed by atoms with van der Waals surface area (Å²) in [6, 6.07) is 0. The molecule has 5 heteroatoms. The van der Waals surface area contributed by atoms with Crippen molar-refractivity contribution in [2.75, 3.05) is 6.54 Å². The van der Waals surface area contributed by atoms with Crippen molar-refractivity contribution in [3.8, 4) is 0 Å². The van der Waals surface area contributed by atoms with Gasteiger partial charge in [-0.15, -0.1) is 0 Å². The van der Waals surface area contributed by atoms with Crippen molar-refractivity contribution in [3.05, 3.63) is 18.0 Å². The summed E-state index contributed by atoms with van der Waals surface area (Å²) >= 11 is 0. The predicted molar refractivity (Wildman–Crippen MR) is 44.1 cm³/mol. The van der Waals surface area contributed by atoms with Crippen LogP contribution in [0.25, 0.3) is 0 Å². The van der Waals surface area contributed by atoms with E-state index >= 15 is 0 Å². The number of nitrogens with one attached hydrogen (secondary N) is 1. The maximum atomic E-state index is 10.7. The van der Waals surface area contributed by atoms with Crippen LogP contribution in [0, 0.1) is 0 Å². The van der Waals surface area contributed by atoms with Gasteiger partial charge in [0.15, 0.2) is 0 Å². The van der Waals surface area contributed by atoms with Gasteiger partial charge in [0.2, 0.25) is 5.91 Å². The van der Waals surface area contributed by atoms with Gasteiger partial charge in [0.25, 0.3) is 0 Å².